The molecule has 0 saturated heterocycles. The number of aromatic amines is 1. The van der Waals surface area contributed by atoms with E-state index in [9.17, 15) is 4.79 Å². The summed E-state index contributed by atoms with van der Waals surface area (Å²) in [5, 5.41) is 23.1. The summed E-state index contributed by atoms with van der Waals surface area (Å²) in [7, 11) is 0. The molecule has 0 amide bonds. The number of benzene rings is 2. The second-order valence-electron chi connectivity index (χ2n) is 6.54. The summed E-state index contributed by atoms with van der Waals surface area (Å²) in [6, 6.07) is 21.2. The van der Waals surface area contributed by atoms with E-state index in [1.165, 1.54) is 22.2 Å². The third-order valence-corrected chi connectivity index (χ3v) is 6.13. The maximum absolute atomic E-state index is 13.3. The number of H-pyrrole nitrogens is 1. The molecule has 0 aliphatic rings. The van der Waals surface area contributed by atoms with Crippen LogP contribution in [0.5, 0.6) is 0 Å². The molecule has 3 heterocycles. The number of hydrogen-bond acceptors (Lipinski definition) is 8. The van der Waals surface area contributed by atoms with Gasteiger partial charge in [0.1, 0.15) is 10.9 Å². The molecule has 8 nitrogen and oxygen atoms in total. The Balaban J connectivity index is 1.60. The molecule has 154 valence electrons. The molecule has 32 heavy (non-hydrogen) atoms. The van der Waals surface area contributed by atoms with Gasteiger partial charge in [-0.3, -0.25) is 9.89 Å². The van der Waals surface area contributed by atoms with Crippen LogP contribution in [0.4, 0.5) is 10.8 Å². The molecular formula is C22H13N7OS2. The fourth-order valence-electron chi connectivity index (χ4n) is 3.03. The van der Waals surface area contributed by atoms with Crippen LogP contribution in [0.2, 0.25) is 0 Å². The number of azo groups is 1. The first-order valence-corrected chi connectivity index (χ1v) is 11.1. The molecule has 2 aromatic carbocycles. The van der Waals surface area contributed by atoms with Gasteiger partial charge in [-0.15, -0.1) is 21.6 Å². The molecule has 1 N–H and O–H groups in total. The maximum atomic E-state index is 13.3. The van der Waals surface area contributed by atoms with E-state index in [1.54, 1.807) is 0 Å². The summed E-state index contributed by atoms with van der Waals surface area (Å²) >= 11 is 2.45. The van der Waals surface area contributed by atoms with Crippen LogP contribution in [0.3, 0.4) is 0 Å². The zero-order valence-corrected chi connectivity index (χ0v) is 18.0. The highest BCUT2D eigenvalue weighted by Gasteiger charge is 2.19. The predicted octanol–water partition coefficient (Wildman–Crippen LogP) is 5.70. The number of aromatic nitrogens is 4. The highest BCUT2D eigenvalue weighted by molar-refractivity contribution is 7.15. The Hall–Kier alpha value is -4.20. The van der Waals surface area contributed by atoms with Crippen LogP contribution in [0.15, 0.2) is 87.3 Å². The van der Waals surface area contributed by atoms with E-state index < -0.39 is 0 Å². The summed E-state index contributed by atoms with van der Waals surface area (Å²) in [5.74, 6) is 0. The molecule has 0 atom stereocenters. The van der Waals surface area contributed by atoms with Gasteiger partial charge in [-0.25, -0.2) is 9.97 Å². The quantitative estimate of drug-likeness (QED) is 0.343. The van der Waals surface area contributed by atoms with E-state index >= 15 is 0 Å². The van der Waals surface area contributed by atoms with Gasteiger partial charge in [0.15, 0.2) is 5.69 Å². The van der Waals surface area contributed by atoms with Crippen molar-refractivity contribution in [2.75, 3.05) is 0 Å². The van der Waals surface area contributed by atoms with Crippen LogP contribution in [0.1, 0.15) is 4.88 Å². The van der Waals surface area contributed by atoms with Crippen LogP contribution in [-0.4, -0.2) is 19.7 Å². The average molecular weight is 456 g/mol. The van der Waals surface area contributed by atoms with Crippen LogP contribution in [-0.2, 0) is 0 Å². The second-order valence-corrected chi connectivity index (χ2v) is 8.39. The molecule has 5 rings (SSSR count). The Morgan fingerprint density at radius 1 is 1.00 bits per heavy atom. The molecule has 0 spiro atoms. The van der Waals surface area contributed by atoms with Gasteiger partial charge in [-0.1, -0.05) is 72.0 Å². The van der Waals surface area contributed by atoms with Gasteiger partial charge < -0.3 is 0 Å². The van der Waals surface area contributed by atoms with Crippen molar-refractivity contribution >= 4 is 33.5 Å². The summed E-state index contributed by atoms with van der Waals surface area (Å²) in [5.41, 5.74) is 2.82. The highest BCUT2D eigenvalue weighted by Crippen LogP contribution is 2.30. The van der Waals surface area contributed by atoms with E-state index in [-0.39, 0.29) is 11.2 Å². The minimum absolute atomic E-state index is 0.140. The van der Waals surface area contributed by atoms with E-state index in [1.807, 2.05) is 72.1 Å². The number of nitrogens with zero attached hydrogens (tertiary/aromatic N) is 6. The van der Waals surface area contributed by atoms with E-state index in [0.29, 0.717) is 20.8 Å². The van der Waals surface area contributed by atoms with Crippen LogP contribution < -0.4 is 5.56 Å². The fraction of sp³-hybridized carbons (Fsp3) is 0. The molecule has 5 aromatic rings. The minimum atomic E-state index is -0.376. The van der Waals surface area contributed by atoms with Gasteiger partial charge in [0.25, 0.3) is 0 Å². The van der Waals surface area contributed by atoms with Gasteiger partial charge in [0.2, 0.25) is 10.3 Å². The highest BCUT2D eigenvalue weighted by atomic mass is 32.1. The lowest BCUT2D eigenvalue weighted by atomic mass is 10.1. The standard InChI is InChI=1S/C22H13N7OS2/c23-11-16-12-24-21(32-16)27-26-19-18(15-9-5-2-6-10-15)28-29(20(19)30)22-25-17(13-31-22)14-7-3-1-4-8-14/h1-10,12-13,28H. The molecule has 0 unspecified atom stereocenters. The molecule has 0 aliphatic carbocycles. The van der Waals surface area contributed by atoms with Crippen molar-refractivity contribution in [3.05, 3.63) is 87.5 Å². The van der Waals surface area contributed by atoms with E-state index in [0.717, 1.165) is 28.2 Å². The molecule has 3 aromatic heterocycles. The third-order valence-electron chi connectivity index (χ3n) is 4.52. The minimum Gasteiger partial charge on any atom is -0.286 e. The van der Waals surface area contributed by atoms with Crippen molar-refractivity contribution in [1.29, 1.82) is 5.26 Å². The van der Waals surface area contributed by atoms with Gasteiger partial charge in [0.05, 0.1) is 17.6 Å². The Kier molecular flexibility index (Phi) is 5.25. The first kappa shape index (κ1) is 19.7. The van der Waals surface area contributed by atoms with Crippen molar-refractivity contribution in [1.82, 2.24) is 19.7 Å². The van der Waals surface area contributed by atoms with Crippen molar-refractivity contribution < 1.29 is 0 Å². The molecule has 0 radical (unpaired) electrons. The molecule has 0 saturated carbocycles. The Labute approximate surface area is 189 Å². The smallest absolute Gasteiger partial charge is 0.286 e. The Morgan fingerprint density at radius 2 is 1.72 bits per heavy atom. The van der Waals surface area contributed by atoms with Crippen LogP contribution >= 0.6 is 22.7 Å². The zero-order valence-electron chi connectivity index (χ0n) is 16.3. The largest absolute Gasteiger partial charge is 0.301 e. The lowest BCUT2D eigenvalue weighted by Crippen LogP contribution is -2.13. The summed E-state index contributed by atoms with van der Waals surface area (Å²) in [6.45, 7) is 0. The summed E-state index contributed by atoms with van der Waals surface area (Å²) in [4.78, 5) is 22.4. The lowest BCUT2D eigenvalue weighted by molar-refractivity contribution is 0.843. The van der Waals surface area contributed by atoms with Crippen LogP contribution in [0.25, 0.3) is 27.6 Å². The molecule has 0 fully saturated rings. The van der Waals surface area contributed by atoms with Gasteiger partial charge in [0, 0.05) is 16.5 Å². The molecular weight excluding hydrogens is 442 g/mol. The number of rotatable bonds is 5. The van der Waals surface area contributed by atoms with Gasteiger partial charge in [-0.2, -0.15) is 9.94 Å². The van der Waals surface area contributed by atoms with Crippen molar-refractivity contribution in [3.8, 4) is 33.7 Å². The third kappa shape index (κ3) is 3.78. The van der Waals surface area contributed by atoms with Gasteiger partial charge >= 0.3 is 5.56 Å². The number of nitrogens with one attached hydrogen (secondary N) is 1. The average Bonchev–Trinajstić information content (AvgIpc) is 3.58. The normalized spacial score (nSPS) is 11.1. The fourth-order valence-corrected chi connectivity index (χ4v) is 4.35. The molecule has 10 heteroatoms. The van der Waals surface area contributed by atoms with Gasteiger partial charge in [-0.05, 0) is 0 Å². The maximum Gasteiger partial charge on any atom is 0.301 e. The lowest BCUT2D eigenvalue weighted by Gasteiger charge is -1.98. The zero-order chi connectivity index (χ0) is 21.9. The number of hydrogen-bond donors (Lipinski definition) is 1. The predicted molar refractivity (Wildman–Crippen MR) is 124 cm³/mol. The molecule has 0 aliphatic heterocycles. The summed E-state index contributed by atoms with van der Waals surface area (Å²) in [6.07, 6.45) is 1.42. The monoisotopic (exact) mass is 455 g/mol. The Morgan fingerprint density at radius 3 is 2.41 bits per heavy atom. The summed E-state index contributed by atoms with van der Waals surface area (Å²) < 4.78 is 1.37. The SMILES string of the molecule is N#Cc1cnc(N=Nc2c(-c3ccccc3)[nH]n(-c3nc(-c4ccccc4)cs3)c2=O)s1. The number of nitriles is 1. The first-order valence-electron chi connectivity index (χ1n) is 9.42. The van der Waals surface area contributed by atoms with Crippen LogP contribution in [0, 0.1) is 11.3 Å². The number of thiazole rings is 2. The van der Waals surface area contributed by atoms with Crippen molar-refractivity contribution in [2.24, 2.45) is 10.2 Å². The Bertz CT molecular complexity index is 1510. The second kappa shape index (κ2) is 8.50. The van der Waals surface area contributed by atoms with E-state index in [4.69, 9.17) is 5.26 Å². The molecule has 0 bridgehead atoms. The van der Waals surface area contributed by atoms with Crippen molar-refractivity contribution in [3.63, 3.8) is 0 Å². The topological polar surface area (TPSA) is 112 Å². The van der Waals surface area contributed by atoms with E-state index in [2.05, 4.69) is 25.3 Å². The first-order chi connectivity index (χ1) is 15.7. The van der Waals surface area contributed by atoms with Crippen molar-refractivity contribution in [2.45, 2.75) is 0 Å².